The molecular weight excluding hydrogens is 558 g/mol. The first kappa shape index (κ1) is 32.3. The largest absolute Gasteiger partial charge is 0.352 e. The molecule has 2 amide bonds. The molecule has 7 nitrogen and oxygen atoms in total. The summed E-state index contributed by atoms with van der Waals surface area (Å²) in [5.74, 6) is -0.607. The number of para-hydroxylation sites is 1. The van der Waals surface area contributed by atoms with Crippen molar-refractivity contribution in [2.75, 3.05) is 10.8 Å². The maximum atomic E-state index is 14.4. The van der Waals surface area contributed by atoms with Crippen LogP contribution >= 0.6 is 0 Å². The van der Waals surface area contributed by atoms with E-state index in [1.165, 1.54) is 10.7 Å². The van der Waals surface area contributed by atoms with Crippen molar-refractivity contribution < 1.29 is 18.0 Å². The zero-order chi connectivity index (χ0) is 31.0. The molecule has 0 unspecified atom stereocenters. The molecule has 8 heteroatoms. The van der Waals surface area contributed by atoms with Crippen molar-refractivity contribution in [1.82, 2.24) is 10.2 Å². The van der Waals surface area contributed by atoms with E-state index in [1.54, 1.807) is 41.3 Å². The van der Waals surface area contributed by atoms with Gasteiger partial charge in [0.1, 0.15) is 12.6 Å². The molecule has 3 aromatic carbocycles. The molecule has 230 valence electrons. The minimum atomic E-state index is -4.10. The lowest BCUT2D eigenvalue weighted by molar-refractivity contribution is -0.140. The van der Waals surface area contributed by atoms with Gasteiger partial charge in [0.2, 0.25) is 11.8 Å². The van der Waals surface area contributed by atoms with Crippen molar-refractivity contribution in [3.05, 3.63) is 95.1 Å². The second-order valence-electron chi connectivity index (χ2n) is 11.6. The normalized spacial score (nSPS) is 14.6. The molecule has 1 atom stereocenters. The topological polar surface area (TPSA) is 86.8 Å². The minimum absolute atomic E-state index is 0.0986. The van der Waals surface area contributed by atoms with Crippen molar-refractivity contribution in [2.45, 2.75) is 96.2 Å². The Morgan fingerprint density at radius 2 is 1.47 bits per heavy atom. The highest BCUT2D eigenvalue weighted by Gasteiger charge is 2.35. The van der Waals surface area contributed by atoms with Crippen LogP contribution in [0, 0.1) is 13.8 Å². The number of nitrogens with zero attached hydrogens (tertiary/aromatic N) is 2. The van der Waals surface area contributed by atoms with Crippen LogP contribution in [0.25, 0.3) is 0 Å². The van der Waals surface area contributed by atoms with Crippen LogP contribution in [0.2, 0.25) is 0 Å². The van der Waals surface area contributed by atoms with Gasteiger partial charge in [0.25, 0.3) is 10.0 Å². The van der Waals surface area contributed by atoms with E-state index in [0.717, 1.165) is 47.9 Å². The molecular formula is C35H45N3O4S. The van der Waals surface area contributed by atoms with E-state index in [0.29, 0.717) is 18.5 Å². The number of anilines is 1. The van der Waals surface area contributed by atoms with E-state index in [-0.39, 0.29) is 23.4 Å². The Balaban J connectivity index is 1.73. The number of hydrogen-bond acceptors (Lipinski definition) is 4. The summed E-state index contributed by atoms with van der Waals surface area (Å²) in [6.07, 6.45) is 6.21. The molecule has 1 aliphatic carbocycles. The van der Waals surface area contributed by atoms with Gasteiger partial charge >= 0.3 is 0 Å². The van der Waals surface area contributed by atoms with Gasteiger partial charge in [-0.3, -0.25) is 13.9 Å². The van der Waals surface area contributed by atoms with Crippen molar-refractivity contribution in [3.8, 4) is 0 Å². The SMILES string of the molecule is CCc1ccccc1N(CC(=O)N(Cc1ccc(C)cc1)[C@@H](CC)C(=O)NC1CCCCC1)S(=O)(=O)c1ccc(C)cc1. The van der Waals surface area contributed by atoms with Crippen molar-refractivity contribution in [3.63, 3.8) is 0 Å². The molecule has 1 aliphatic rings. The number of benzene rings is 3. The summed E-state index contributed by atoms with van der Waals surface area (Å²) in [5, 5.41) is 3.20. The Morgan fingerprint density at radius 3 is 2.07 bits per heavy atom. The van der Waals surface area contributed by atoms with Crippen molar-refractivity contribution >= 4 is 27.5 Å². The number of carbonyl (C=O) groups excluding carboxylic acids is 2. The predicted octanol–water partition coefficient (Wildman–Crippen LogP) is 6.32. The zero-order valence-electron chi connectivity index (χ0n) is 25.9. The van der Waals surface area contributed by atoms with Gasteiger partial charge in [-0.2, -0.15) is 0 Å². The monoisotopic (exact) mass is 603 g/mol. The Labute approximate surface area is 257 Å². The standard InChI is InChI=1S/C35H45N3O4S/c1-5-29-12-10-11-15-33(29)38(43(41,42)31-22-18-27(4)19-23-31)25-34(39)37(24-28-20-16-26(3)17-21-28)32(6-2)35(40)36-30-13-8-7-9-14-30/h10-12,15-23,30,32H,5-9,13-14,24-25H2,1-4H3,(H,36,40)/t32-/m0/s1. The first-order chi connectivity index (χ1) is 20.6. The molecule has 1 N–H and O–H groups in total. The molecule has 0 bridgehead atoms. The van der Waals surface area contributed by atoms with Crippen LogP contribution in [0.3, 0.4) is 0 Å². The van der Waals surface area contributed by atoms with Gasteiger partial charge in [0, 0.05) is 12.6 Å². The number of sulfonamides is 1. The summed E-state index contributed by atoms with van der Waals surface area (Å²) in [5.41, 5.74) is 4.20. The Morgan fingerprint density at radius 1 is 0.860 bits per heavy atom. The van der Waals surface area contributed by atoms with Gasteiger partial charge in [0.05, 0.1) is 10.6 Å². The molecule has 43 heavy (non-hydrogen) atoms. The van der Waals surface area contributed by atoms with Gasteiger partial charge < -0.3 is 10.2 Å². The quantitative estimate of drug-likeness (QED) is 0.263. The van der Waals surface area contributed by atoms with E-state index < -0.39 is 28.5 Å². The van der Waals surface area contributed by atoms with Crippen molar-refractivity contribution in [1.29, 1.82) is 0 Å². The van der Waals surface area contributed by atoms with Gasteiger partial charge in [-0.15, -0.1) is 0 Å². The maximum absolute atomic E-state index is 14.4. The number of hydrogen-bond donors (Lipinski definition) is 1. The van der Waals surface area contributed by atoms with E-state index in [1.807, 2.05) is 64.1 Å². The third-order valence-corrected chi connectivity index (χ3v) is 10.1. The van der Waals surface area contributed by atoms with E-state index in [4.69, 9.17) is 0 Å². The third kappa shape index (κ3) is 8.05. The lowest BCUT2D eigenvalue weighted by atomic mass is 9.95. The summed E-state index contributed by atoms with van der Waals surface area (Å²) < 4.78 is 29.6. The van der Waals surface area contributed by atoms with Crippen LogP contribution < -0.4 is 9.62 Å². The van der Waals surface area contributed by atoms with Gasteiger partial charge in [-0.05, 0) is 68.9 Å². The number of carbonyl (C=O) groups is 2. The number of rotatable bonds is 12. The molecule has 1 saturated carbocycles. The lowest BCUT2D eigenvalue weighted by Gasteiger charge is -2.35. The van der Waals surface area contributed by atoms with Crippen LogP contribution in [0.15, 0.2) is 77.7 Å². The smallest absolute Gasteiger partial charge is 0.264 e. The van der Waals surface area contributed by atoms with Crippen molar-refractivity contribution in [2.24, 2.45) is 0 Å². The number of amides is 2. The van der Waals surface area contributed by atoms with Gasteiger partial charge in [-0.25, -0.2) is 8.42 Å². The fourth-order valence-electron chi connectivity index (χ4n) is 5.76. The Kier molecular flexibility index (Phi) is 11.0. The summed E-state index contributed by atoms with van der Waals surface area (Å²) in [6, 6.07) is 21.2. The zero-order valence-corrected chi connectivity index (χ0v) is 26.7. The molecule has 0 aromatic heterocycles. The predicted molar refractivity (Wildman–Crippen MR) is 172 cm³/mol. The highest BCUT2D eigenvalue weighted by atomic mass is 32.2. The molecule has 0 spiro atoms. The maximum Gasteiger partial charge on any atom is 0.264 e. The molecule has 0 aliphatic heterocycles. The minimum Gasteiger partial charge on any atom is -0.352 e. The summed E-state index contributed by atoms with van der Waals surface area (Å²) in [4.78, 5) is 29.7. The molecule has 0 saturated heterocycles. The average Bonchev–Trinajstić information content (AvgIpc) is 3.01. The second kappa shape index (κ2) is 14.7. The number of nitrogens with one attached hydrogen (secondary N) is 1. The molecule has 4 rings (SSSR count). The van der Waals surface area contributed by atoms with Gasteiger partial charge in [-0.1, -0.05) is 98.8 Å². The van der Waals surface area contributed by atoms with Crippen LogP contribution in [0.5, 0.6) is 0 Å². The summed E-state index contributed by atoms with van der Waals surface area (Å²) >= 11 is 0. The van der Waals surface area contributed by atoms with E-state index in [2.05, 4.69) is 5.32 Å². The Bertz CT molecular complexity index is 1480. The first-order valence-electron chi connectivity index (χ1n) is 15.5. The molecule has 1 fully saturated rings. The van der Waals surface area contributed by atoms with Crippen LogP contribution in [-0.4, -0.2) is 43.8 Å². The molecule has 0 radical (unpaired) electrons. The summed E-state index contributed by atoms with van der Waals surface area (Å²) in [6.45, 7) is 7.53. The molecule has 0 heterocycles. The first-order valence-corrected chi connectivity index (χ1v) is 16.9. The van der Waals surface area contributed by atoms with Gasteiger partial charge in [0.15, 0.2) is 0 Å². The fourth-order valence-corrected chi connectivity index (χ4v) is 7.21. The number of aryl methyl sites for hydroxylation is 3. The highest BCUT2D eigenvalue weighted by Crippen LogP contribution is 2.29. The van der Waals surface area contributed by atoms with E-state index >= 15 is 0 Å². The van der Waals surface area contributed by atoms with Crippen LogP contribution in [-0.2, 0) is 32.6 Å². The average molecular weight is 604 g/mol. The fraction of sp³-hybridized carbons (Fsp3) is 0.429. The molecule has 3 aromatic rings. The Hall–Kier alpha value is -3.65. The van der Waals surface area contributed by atoms with E-state index in [9.17, 15) is 18.0 Å². The van der Waals surface area contributed by atoms with Crippen LogP contribution in [0.1, 0.15) is 74.6 Å². The second-order valence-corrected chi connectivity index (χ2v) is 13.4. The highest BCUT2D eigenvalue weighted by molar-refractivity contribution is 7.92. The lowest BCUT2D eigenvalue weighted by Crippen LogP contribution is -2.54. The van der Waals surface area contributed by atoms with Crippen LogP contribution in [0.4, 0.5) is 5.69 Å². The summed E-state index contributed by atoms with van der Waals surface area (Å²) in [7, 11) is -4.10. The third-order valence-electron chi connectivity index (χ3n) is 8.34.